The second kappa shape index (κ2) is 10.5. The molecule has 1 aromatic rings. The van der Waals surface area contributed by atoms with E-state index in [-0.39, 0.29) is 0 Å². The van der Waals surface area contributed by atoms with Crippen molar-refractivity contribution in [3.63, 3.8) is 0 Å². The monoisotopic (exact) mass is 290 g/mol. The topological polar surface area (TPSA) is 27.7 Å². The van der Waals surface area contributed by atoms with Crippen LogP contribution in [0.4, 0.5) is 0 Å². The molecule has 0 N–H and O–H groups in total. The van der Waals surface area contributed by atoms with Crippen molar-refractivity contribution in [1.82, 2.24) is 0 Å². The molecule has 0 radical (unpaired) electrons. The van der Waals surface area contributed by atoms with E-state index in [1.165, 1.54) is 6.38 Å². The summed E-state index contributed by atoms with van der Waals surface area (Å²) < 4.78 is 17.4. The summed E-state index contributed by atoms with van der Waals surface area (Å²) in [5, 5.41) is 1.03. The molecule has 0 spiro atoms. The maximum absolute atomic E-state index is 5.79. The predicted octanol–water partition coefficient (Wildman–Crippen LogP) is 2.80. The molecular formula is C13H23ClO3Si. The average Bonchev–Trinajstić information content (AvgIpc) is 2.43. The lowest BCUT2D eigenvalue weighted by Crippen LogP contribution is -2.56. The zero-order valence-electron chi connectivity index (χ0n) is 11.6. The molecule has 0 aromatic heterocycles. The molecule has 0 bridgehead atoms. The van der Waals surface area contributed by atoms with Crippen molar-refractivity contribution in [2.45, 2.75) is 20.8 Å². The van der Waals surface area contributed by atoms with Crippen molar-refractivity contribution in [2.75, 3.05) is 26.2 Å². The minimum Gasteiger partial charge on any atom is -0.370 e. The van der Waals surface area contributed by atoms with Crippen LogP contribution in [-0.2, 0) is 13.3 Å². The van der Waals surface area contributed by atoms with Crippen LogP contribution in [0.3, 0.4) is 0 Å². The fraction of sp³-hybridized carbons (Fsp3) is 0.538. The highest BCUT2D eigenvalue weighted by Gasteiger charge is 2.42. The Morgan fingerprint density at radius 3 is 1.56 bits per heavy atom. The zero-order valence-corrected chi connectivity index (χ0v) is 13.4. The van der Waals surface area contributed by atoms with Gasteiger partial charge in [-0.25, -0.2) is 0 Å². The van der Waals surface area contributed by atoms with Crippen molar-refractivity contribution >= 4 is 25.6 Å². The summed E-state index contributed by atoms with van der Waals surface area (Å²) in [6, 6.07) is 9.95. The highest BCUT2D eigenvalue weighted by Crippen LogP contribution is 2.10. The Morgan fingerprint density at radius 2 is 1.22 bits per heavy atom. The van der Waals surface area contributed by atoms with E-state index >= 15 is 0 Å². The summed E-state index contributed by atoms with van der Waals surface area (Å²) in [5.74, 6) is 0. The van der Waals surface area contributed by atoms with Gasteiger partial charge in [-0.15, -0.1) is 11.6 Å². The lowest BCUT2D eigenvalue weighted by molar-refractivity contribution is 0.0859. The molecule has 0 unspecified atom stereocenters. The highest BCUT2D eigenvalue weighted by molar-refractivity contribution is 6.75. The van der Waals surface area contributed by atoms with Crippen molar-refractivity contribution in [2.24, 2.45) is 0 Å². The highest BCUT2D eigenvalue weighted by atomic mass is 35.5. The first-order valence-electron chi connectivity index (χ1n) is 6.14. The van der Waals surface area contributed by atoms with Crippen molar-refractivity contribution in [3.8, 4) is 0 Å². The molecule has 0 aliphatic rings. The first-order valence-corrected chi connectivity index (χ1v) is 8.62. The van der Waals surface area contributed by atoms with Gasteiger partial charge in [0.05, 0.1) is 0 Å². The maximum Gasteiger partial charge on any atom is 0.537 e. The SMILES string of the molecule is CCO[Si](OCC)(OCC)c1ccccc1.CCl. The molecule has 0 saturated carbocycles. The van der Waals surface area contributed by atoms with E-state index in [9.17, 15) is 0 Å². The fourth-order valence-corrected chi connectivity index (χ4v) is 4.08. The van der Waals surface area contributed by atoms with E-state index in [0.29, 0.717) is 19.8 Å². The second-order valence-corrected chi connectivity index (χ2v) is 5.78. The number of benzene rings is 1. The van der Waals surface area contributed by atoms with Crippen molar-refractivity contribution in [3.05, 3.63) is 30.3 Å². The minimum absolute atomic E-state index is 0.598. The van der Waals surface area contributed by atoms with Crippen LogP contribution >= 0.6 is 11.6 Å². The summed E-state index contributed by atoms with van der Waals surface area (Å²) in [6.45, 7) is 7.68. The molecule has 0 atom stereocenters. The third-order valence-corrected chi connectivity index (χ3v) is 5.18. The standard InChI is InChI=1S/C12H20O3Si.CH3Cl/c1-4-13-16(14-5-2,15-6-3)12-10-8-7-9-11-12;1-2/h7-11H,4-6H2,1-3H3;1H3. The molecule has 5 heteroatoms. The maximum atomic E-state index is 5.79. The van der Waals surface area contributed by atoms with E-state index in [4.69, 9.17) is 13.3 Å². The summed E-state index contributed by atoms with van der Waals surface area (Å²) in [4.78, 5) is 0. The average molecular weight is 291 g/mol. The van der Waals surface area contributed by atoms with Crippen LogP contribution in [0, 0.1) is 0 Å². The third-order valence-electron chi connectivity index (χ3n) is 2.13. The van der Waals surface area contributed by atoms with Gasteiger partial charge in [0.15, 0.2) is 0 Å². The van der Waals surface area contributed by atoms with Crippen LogP contribution in [-0.4, -0.2) is 35.0 Å². The Balaban J connectivity index is 0.00000137. The fourth-order valence-electron chi connectivity index (χ4n) is 1.59. The first kappa shape index (κ1) is 17.6. The van der Waals surface area contributed by atoms with E-state index in [2.05, 4.69) is 11.6 Å². The van der Waals surface area contributed by atoms with E-state index in [0.717, 1.165) is 5.19 Å². The lowest BCUT2D eigenvalue weighted by atomic mass is 10.4. The smallest absolute Gasteiger partial charge is 0.370 e. The number of hydrogen-bond donors (Lipinski definition) is 0. The Hall–Kier alpha value is -0.393. The molecule has 104 valence electrons. The quantitative estimate of drug-likeness (QED) is 0.571. The Labute approximate surface area is 116 Å². The molecule has 1 rings (SSSR count). The van der Waals surface area contributed by atoms with Crippen LogP contribution in [0.25, 0.3) is 0 Å². The number of halogens is 1. The molecule has 0 amide bonds. The third kappa shape index (κ3) is 5.08. The molecule has 1 aromatic carbocycles. The summed E-state index contributed by atoms with van der Waals surface area (Å²) in [6.07, 6.45) is 1.47. The molecule has 0 saturated heterocycles. The van der Waals surface area contributed by atoms with Crippen LogP contribution in [0.2, 0.25) is 0 Å². The summed E-state index contributed by atoms with van der Waals surface area (Å²) >= 11 is 4.64. The van der Waals surface area contributed by atoms with E-state index in [1.807, 2.05) is 51.1 Å². The van der Waals surface area contributed by atoms with Gasteiger partial charge in [-0.3, -0.25) is 0 Å². The molecule has 3 nitrogen and oxygen atoms in total. The number of hydrogen-bond acceptors (Lipinski definition) is 3. The molecular weight excluding hydrogens is 268 g/mol. The van der Waals surface area contributed by atoms with Crippen molar-refractivity contribution in [1.29, 1.82) is 0 Å². The predicted molar refractivity (Wildman–Crippen MR) is 78.5 cm³/mol. The minimum atomic E-state index is -2.67. The van der Waals surface area contributed by atoms with E-state index in [1.54, 1.807) is 0 Å². The van der Waals surface area contributed by atoms with Crippen molar-refractivity contribution < 1.29 is 13.3 Å². The van der Waals surface area contributed by atoms with E-state index < -0.39 is 8.80 Å². The van der Waals surface area contributed by atoms with Gasteiger partial charge in [0.25, 0.3) is 0 Å². The molecule has 0 aliphatic carbocycles. The normalized spacial score (nSPS) is 10.7. The zero-order chi connectivity index (χ0) is 13.9. The molecule has 0 fully saturated rings. The number of alkyl halides is 1. The molecule has 0 aliphatic heterocycles. The Bertz CT molecular complexity index is 279. The van der Waals surface area contributed by atoms with Crippen LogP contribution < -0.4 is 5.19 Å². The summed E-state index contributed by atoms with van der Waals surface area (Å²) in [5.41, 5.74) is 0. The van der Waals surface area contributed by atoms with Gasteiger partial charge < -0.3 is 13.3 Å². The van der Waals surface area contributed by atoms with Gasteiger partial charge in [-0.05, 0) is 20.8 Å². The Kier molecular flexibility index (Phi) is 10.3. The van der Waals surface area contributed by atoms with Gasteiger partial charge in [-0.2, -0.15) is 0 Å². The second-order valence-electron chi connectivity index (χ2n) is 3.22. The van der Waals surface area contributed by atoms with Gasteiger partial charge in [-0.1, -0.05) is 30.3 Å². The van der Waals surface area contributed by atoms with Gasteiger partial charge in [0, 0.05) is 31.4 Å². The largest absolute Gasteiger partial charge is 0.537 e. The van der Waals surface area contributed by atoms with Gasteiger partial charge in [0.1, 0.15) is 0 Å². The molecule has 18 heavy (non-hydrogen) atoms. The van der Waals surface area contributed by atoms with Crippen LogP contribution in [0.1, 0.15) is 20.8 Å². The van der Waals surface area contributed by atoms with Gasteiger partial charge >= 0.3 is 8.80 Å². The van der Waals surface area contributed by atoms with Crippen LogP contribution in [0.5, 0.6) is 0 Å². The Morgan fingerprint density at radius 1 is 0.833 bits per heavy atom. The summed E-state index contributed by atoms with van der Waals surface area (Å²) in [7, 11) is -2.67. The van der Waals surface area contributed by atoms with Crippen LogP contribution in [0.15, 0.2) is 30.3 Å². The number of rotatable bonds is 7. The molecule has 0 heterocycles. The first-order chi connectivity index (χ1) is 8.79. The lowest BCUT2D eigenvalue weighted by Gasteiger charge is -2.28. The van der Waals surface area contributed by atoms with Gasteiger partial charge in [0.2, 0.25) is 0 Å².